The van der Waals surface area contributed by atoms with E-state index in [0.717, 1.165) is 11.1 Å². The van der Waals surface area contributed by atoms with Crippen LogP contribution in [0.15, 0.2) is 90.4 Å². The second kappa shape index (κ2) is 9.91. The van der Waals surface area contributed by atoms with Crippen molar-refractivity contribution >= 4 is 11.9 Å². The van der Waals surface area contributed by atoms with E-state index in [1.165, 1.54) is 4.90 Å². The van der Waals surface area contributed by atoms with Crippen LogP contribution in [0.5, 0.6) is 17.2 Å². The van der Waals surface area contributed by atoms with E-state index in [1.54, 1.807) is 25.2 Å². The molecule has 0 atom stereocenters. The minimum atomic E-state index is -1.38. The molecule has 4 rings (SSSR count). The molecular weight excluding hydrogens is 422 g/mol. The molecular formula is C26H23NO6. The first-order chi connectivity index (χ1) is 16.0. The highest BCUT2D eigenvalue weighted by Crippen LogP contribution is 2.38. The summed E-state index contributed by atoms with van der Waals surface area (Å²) in [6, 6.07) is 24.2. The lowest BCUT2D eigenvalue weighted by atomic mass is 10.1. The van der Waals surface area contributed by atoms with Crippen molar-refractivity contribution in [2.45, 2.75) is 13.0 Å². The summed E-state index contributed by atoms with van der Waals surface area (Å²) in [5, 5.41) is 9.58. The molecule has 0 saturated carbocycles. The van der Waals surface area contributed by atoms with Crippen molar-refractivity contribution in [3.63, 3.8) is 0 Å². The van der Waals surface area contributed by atoms with Gasteiger partial charge in [0, 0.05) is 19.7 Å². The van der Waals surface area contributed by atoms with E-state index in [1.807, 2.05) is 60.7 Å². The highest BCUT2D eigenvalue weighted by atomic mass is 16.6. The lowest BCUT2D eigenvalue weighted by Gasteiger charge is -2.25. The van der Waals surface area contributed by atoms with E-state index in [0.29, 0.717) is 25.3 Å². The SMILES string of the molecule is CN(CCc1ccccc1)C(=O)C1=C(C(=O)O)Oc2ccc(OCc3ccccc3)cc2O1. The van der Waals surface area contributed by atoms with E-state index in [2.05, 4.69) is 0 Å². The van der Waals surface area contributed by atoms with Gasteiger partial charge in [-0.2, -0.15) is 0 Å². The Labute approximate surface area is 191 Å². The van der Waals surface area contributed by atoms with Crippen LogP contribution in [0.2, 0.25) is 0 Å². The van der Waals surface area contributed by atoms with E-state index in [4.69, 9.17) is 14.2 Å². The second-order valence-corrected chi connectivity index (χ2v) is 7.51. The lowest BCUT2D eigenvalue weighted by molar-refractivity contribution is -0.137. The number of carbonyl (C=O) groups excluding carboxylic acids is 1. The van der Waals surface area contributed by atoms with E-state index in [-0.39, 0.29) is 17.3 Å². The molecule has 0 saturated heterocycles. The number of aliphatic carboxylic acids is 1. The van der Waals surface area contributed by atoms with Crippen molar-refractivity contribution in [1.29, 1.82) is 0 Å². The number of benzene rings is 3. The average molecular weight is 445 g/mol. The Balaban J connectivity index is 1.48. The Morgan fingerprint density at radius 3 is 2.15 bits per heavy atom. The van der Waals surface area contributed by atoms with Crippen molar-refractivity contribution in [1.82, 2.24) is 4.90 Å². The molecule has 1 amide bonds. The second-order valence-electron chi connectivity index (χ2n) is 7.51. The number of likely N-dealkylation sites (N-methyl/N-ethyl adjacent to an activating group) is 1. The van der Waals surface area contributed by atoms with Crippen LogP contribution in [-0.2, 0) is 22.6 Å². The maximum absolute atomic E-state index is 13.0. The number of hydrogen-bond acceptors (Lipinski definition) is 5. The molecule has 0 unspecified atom stereocenters. The fourth-order valence-electron chi connectivity index (χ4n) is 3.29. The topological polar surface area (TPSA) is 85.3 Å². The number of rotatable bonds is 8. The molecule has 0 spiro atoms. The third-order valence-electron chi connectivity index (χ3n) is 5.11. The maximum atomic E-state index is 13.0. The molecule has 0 fully saturated rings. The van der Waals surface area contributed by atoms with Gasteiger partial charge in [-0.3, -0.25) is 4.79 Å². The van der Waals surface area contributed by atoms with Gasteiger partial charge in [0.15, 0.2) is 11.5 Å². The third-order valence-corrected chi connectivity index (χ3v) is 5.11. The molecule has 1 aliphatic rings. The molecule has 0 bridgehead atoms. The minimum Gasteiger partial charge on any atom is -0.489 e. The summed E-state index contributed by atoms with van der Waals surface area (Å²) >= 11 is 0. The molecule has 0 aliphatic carbocycles. The van der Waals surface area contributed by atoms with Crippen LogP contribution >= 0.6 is 0 Å². The number of nitrogens with zero attached hydrogens (tertiary/aromatic N) is 1. The Kier molecular flexibility index (Phi) is 6.59. The Hall–Kier alpha value is -4.26. The number of amides is 1. The van der Waals surface area contributed by atoms with Crippen molar-refractivity contribution in [3.05, 3.63) is 102 Å². The average Bonchev–Trinajstić information content (AvgIpc) is 2.85. The first-order valence-corrected chi connectivity index (χ1v) is 10.4. The summed E-state index contributed by atoms with van der Waals surface area (Å²) < 4.78 is 17.0. The largest absolute Gasteiger partial charge is 0.489 e. The van der Waals surface area contributed by atoms with Crippen LogP contribution in [0.4, 0.5) is 0 Å². The van der Waals surface area contributed by atoms with Crippen LogP contribution in [0, 0.1) is 0 Å². The highest BCUT2D eigenvalue weighted by Gasteiger charge is 2.33. The zero-order valence-corrected chi connectivity index (χ0v) is 18.1. The summed E-state index contributed by atoms with van der Waals surface area (Å²) in [6.45, 7) is 0.737. The number of carboxylic acid groups (broad SMARTS) is 1. The predicted octanol–water partition coefficient (Wildman–Crippen LogP) is 4.03. The zero-order chi connectivity index (χ0) is 23.2. The fourth-order valence-corrected chi connectivity index (χ4v) is 3.29. The minimum absolute atomic E-state index is 0.197. The van der Waals surface area contributed by atoms with Crippen molar-refractivity contribution < 1.29 is 28.9 Å². The molecule has 1 N–H and O–H groups in total. The van der Waals surface area contributed by atoms with Crippen LogP contribution in [0.3, 0.4) is 0 Å². The summed E-state index contributed by atoms with van der Waals surface area (Å²) in [5.74, 6) is -1.96. The van der Waals surface area contributed by atoms with Gasteiger partial charge in [-0.05, 0) is 29.7 Å². The molecule has 0 aromatic heterocycles. The third kappa shape index (κ3) is 5.33. The van der Waals surface area contributed by atoms with Crippen molar-refractivity contribution in [2.24, 2.45) is 0 Å². The van der Waals surface area contributed by atoms with Crippen molar-refractivity contribution in [3.8, 4) is 17.2 Å². The molecule has 0 radical (unpaired) electrons. The molecule has 7 nitrogen and oxygen atoms in total. The molecule has 3 aromatic rings. The zero-order valence-electron chi connectivity index (χ0n) is 18.1. The van der Waals surface area contributed by atoms with Crippen LogP contribution < -0.4 is 14.2 Å². The number of hydrogen-bond donors (Lipinski definition) is 1. The normalized spacial score (nSPS) is 12.3. The predicted molar refractivity (Wildman–Crippen MR) is 121 cm³/mol. The number of ether oxygens (including phenoxy) is 3. The van der Waals surface area contributed by atoms with Gasteiger partial charge >= 0.3 is 5.97 Å². The van der Waals surface area contributed by atoms with Crippen LogP contribution in [0.25, 0.3) is 0 Å². The number of carboxylic acids is 1. The van der Waals surface area contributed by atoms with Crippen LogP contribution in [0.1, 0.15) is 11.1 Å². The summed E-state index contributed by atoms with van der Waals surface area (Å²) in [7, 11) is 1.59. The summed E-state index contributed by atoms with van der Waals surface area (Å²) in [6.07, 6.45) is 0.619. The van der Waals surface area contributed by atoms with Gasteiger partial charge in [-0.25, -0.2) is 4.79 Å². The van der Waals surface area contributed by atoms with E-state index in [9.17, 15) is 14.7 Å². The standard InChI is InChI=1S/C26H23NO6/c1-27(15-14-18-8-4-2-5-9-18)25(28)23-24(26(29)30)32-21-13-12-20(16-22(21)33-23)31-17-19-10-6-3-7-11-19/h2-13,16H,14-15,17H2,1H3,(H,29,30). The molecule has 1 aliphatic heterocycles. The number of carbonyl (C=O) groups is 2. The van der Waals surface area contributed by atoms with Crippen LogP contribution in [-0.4, -0.2) is 35.5 Å². The molecule has 168 valence electrons. The highest BCUT2D eigenvalue weighted by molar-refractivity contribution is 6.00. The van der Waals surface area contributed by atoms with Gasteiger partial charge in [-0.15, -0.1) is 0 Å². The Bertz CT molecular complexity index is 1170. The quantitative estimate of drug-likeness (QED) is 0.564. The molecule has 3 aromatic carbocycles. The van der Waals surface area contributed by atoms with E-state index < -0.39 is 17.6 Å². The van der Waals surface area contributed by atoms with Gasteiger partial charge < -0.3 is 24.2 Å². The fraction of sp³-hybridized carbons (Fsp3) is 0.154. The monoisotopic (exact) mass is 445 g/mol. The first-order valence-electron chi connectivity index (χ1n) is 10.4. The van der Waals surface area contributed by atoms with Gasteiger partial charge in [-0.1, -0.05) is 60.7 Å². The smallest absolute Gasteiger partial charge is 0.376 e. The molecule has 33 heavy (non-hydrogen) atoms. The molecule has 1 heterocycles. The summed E-state index contributed by atoms with van der Waals surface area (Å²) in [4.78, 5) is 26.2. The maximum Gasteiger partial charge on any atom is 0.376 e. The Morgan fingerprint density at radius 2 is 1.48 bits per heavy atom. The first kappa shape index (κ1) is 22.0. The van der Waals surface area contributed by atoms with Gasteiger partial charge in [0.1, 0.15) is 12.4 Å². The van der Waals surface area contributed by atoms with Gasteiger partial charge in [0.05, 0.1) is 0 Å². The summed E-state index contributed by atoms with van der Waals surface area (Å²) in [5.41, 5.74) is 2.06. The molecule has 7 heteroatoms. The van der Waals surface area contributed by atoms with E-state index >= 15 is 0 Å². The number of fused-ring (bicyclic) bond motifs is 1. The lowest BCUT2D eigenvalue weighted by Crippen LogP contribution is -2.35. The Morgan fingerprint density at radius 1 is 0.848 bits per heavy atom. The van der Waals surface area contributed by atoms with Gasteiger partial charge in [0.2, 0.25) is 5.76 Å². The van der Waals surface area contributed by atoms with Crippen molar-refractivity contribution in [2.75, 3.05) is 13.6 Å². The van der Waals surface area contributed by atoms with Gasteiger partial charge in [0.25, 0.3) is 11.7 Å².